The summed E-state index contributed by atoms with van der Waals surface area (Å²) in [6, 6.07) is 1.46. The largest absolute Gasteiger partial charge is 0.462 e. The zero-order valence-electron chi connectivity index (χ0n) is 11.1. The van der Waals surface area contributed by atoms with Crippen molar-refractivity contribution in [1.82, 2.24) is 0 Å². The summed E-state index contributed by atoms with van der Waals surface area (Å²) in [6.07, 6.45) is -0.136. The second-order valence-electron chi connectivity index (χ2n) is 4.54. The van der Waals surface area contributed by atoms with Crippen LogP contribution in [0.3, 0.4) is 0 Å². The number of furan rings is 2. The van der Waals surface area contributed by atoms with Gasteiger partial charge in [0.2, 0.25) is 11.5 Å². The van der Waals surface area contributed by atoms with E-state index in [0.717, 1.165) is 0 Å². The lowest BCUT2D eigenvalue weighted by Crippen LogP contribution is -2.14. The van der Waals surface area contributed by atoms with Gasteiger partial charge in [-0.1, -0.05) is 6.58 Å². The number of rotatable bonds is 5. The van der Waals surface area contributed by atoms with Crippen molar-refractivity contribution < 1.29 is 33.0 Å². The van der Waals surface area contributed by atoms with Crippen molar-refractivity contribution in [2.24, 2.45) is 0 Å². The van der Waals surface area contributed by atoms with E-state index in [0.29, 0.717) is 5.56 Å². The van der Waals surface area contributed by atoms with Gasteiger partial charge in [-0.3, -0.25) is 4.79 Å². The summed E-state index contributed by atoms with van der Waals surface area (Å²) >= 11 is 0. The van der Waals surface area contributed by atoms with Crippen molar-refractivity contribution in [3.8, 4) is 11.5 Å². The summed E-state index contributed by atoms with van der Waals surface area (Å²) in [4.78, 5) is 34.2. The van der Waals surface area contributed by atoms with Crippen LogP contribution in [0.4, 0.5) is 0 Å². The van der Waals surface area contributed by atoms with Crippen LogP contribution < -0.4 is 9.47 Å². The number of benzene rings is 1. The van der Waals surface area contributed by atoms with Crippen molar-refractivity contribution in [1.29, 1.82) is 0 Å². The van der Waals surface area contributed by atoms with E-state index >= 15 is 0 Å². The van der Waals surface area contributed by atoms with E-state index in [2.05, 4.69) is 6.58 Å². The van der Waals surface area contributed by atoms with Crippen LogP contribution in [0.5, 0.6) is 11.5 Å². The number of carbonyl (C=O) groups excluding carboxylic acids is 3. The van der Waals surface area contributed by atoms with Crippen molar-refractivity contribution >= 4 is 29.1 Å². The fourth-order valence-electron chi connectivity index (χ4n) is 1.89. The van der Waals surface area contributed by atoms with Gasteiger partial charge in [0.25, 0.3) is 0 Å². The third-order valence-corrected chi connectivity index (χ3v) is 2.89. The molecular weight excluding hydrogens is 280 g/mol. The van der Waals surface area contributed by atoms with Gasteiger partial charge in [-0.25, -0.2) is 9.59 Å². The third kappa shape index (κ3) is 2.12. The molecule has 2 aromatic heterocycles. The second-order valence-corrected chi connectivity index (χ2v) is 4.54. The molecule has 1 aliphatic rings. The molecule has 0 fully saturated rings. The fraction of sp³-hybridized carbons (Fsp3) is 0.214. The number of fused-ring (bicyclic) bond motifs is 1. The Morgan fingerprint density at radius 1 is 1.38 bits per heavy atom. The van der Waals surface area contributed by atoms with Gasteiger partial charge >= 0.3 is 17.9 Å². The highest BCUT2D eigenvalue weighted by atomic mass is 16.6. The molecular formula is C14H10O7. The zero-order valence-corrected chi connectivity index (χ0v) is 11.1. The Kier molecular flexibility index (Phi) is 2.90. The third-order valence-electron chi connectivity index (χ3n) is 2.89. The van der Waals surface area contributed by atoms with E-state index in [1.54, 1.807) is 0 Å². The van der Waals surface area contributed by atoms with Crippen LogP contribution in [-0.2, 0) is 14.3 Å². The number of ether oxygens (including phenoxy) is 3. The molecule has 7 heteroatoms. The summed E-state index contributed by atoms with van der Waals surface area (Å²) < 4.78 is 20.1. The predicted molar refractivity (Wildman–Crippen MR) is 68.4 cm³/mol. The molecule has 2 aromatic rings. The van der Waals surface area contributed by atoms with Crippen LogP contribution in [0.15, 0.2) is 22.6 Å². The van der Waals surface area contributed by atoms with Gasteiger partial charge in [-0.05, 0) is 6.92 Å². The van der Waals surface area contributed by atoms with Gasteiger partial charge in [0.05, 0.1) is 6.42 Å². The van der Waals surface area contributed by atoms with Gasteiger partial charge in [0, 0.05) is 11.6 Å². The lowest BCUT2D eigenvalue weighted by atomic mass is 10.2. The lowest BCUT2D eigenvalue weighted by Gasteiger charge is -2.05. The molecule has 0 radical (unpaired) electrons. The Hall–Kier alpha value is -2.83. The Morgan fingerprint density at radius 2 is 2.14 bits per heavy atom. The normalized spacial score (nSPS) is 12.5. The summed E-state index contributed by atoms with van der Waals surface area (Å²) in [5.41, 5.74) is 1.13. The molecule has 21 heavy (non-hydrogen) atoms. The Labute approximate surface area is 118 Å². The van der Waals surface area contributed by atoms with Crippen molar-refractivity contribution in [2.45, 2.75) is 13.3 Å². The smallest absolute Gasteiger partial charge is 0.347 e. The summed E-state index contributed by atoms with van der Waals surface area (Å²) in [6.45, 7) is 4.80. The second kappa shape index (κ2) is 4.62. The fourth-order valence-corrected chi connectivity index (χ4v) is 1.89. The summed E-state index contributed by atoms with van der Waals surface area (Å²) in [5, 5.41) is 0. The molecule has 0 unspecified atom stereocenters. The Morgan fingerprint density at radius 3 is 2.86 bits per heavy atom. The van der Waals surface area contributed by atoms with Gasteiger partial charge in [-0.2, -0.15) is 0 Å². The number of hydrogen-bond acceptors (Lipinski definition) is 7. The maximum absolute atomic E-state index is 11.7. The molecule has 3 rings (SSSR count). The van der Waals surface area contributed by atoms with E-state index in [1.165, 1.54) is 13.0 Å². The first-order valence-corrected chi connectivity index (χ1v) is 6.11. The minimum atomic E-state index is -0.630. The van der Waals surface area contributed by atoms with E-state index in [9.17, 15) is 14.4 Å². The highest BCUT2D eigenvalue weighted by Gasteiger charge is 2.36. The maximum Gasteiger partial charge on any atom is 0.347 e. The molecule has 0 saturated carbocycles. The quantitative estimate of drug-likeness (QED) is 0.471. The number of carbonyl (C=O) groups is 3. The summed E-state index contributed by atoms with van der Waals surface area (Å²) in [7, 11) is 0. The first-order valence-electron chi connectivity index (χ1n) is 6.11. The molecule has 0 aliphatic carbocycles. The first kappa shape index (κ1) is 13.2. The molecule has 0 amide bonds. The molecule has 0 aromatic carbocycles. The highest BCUT2D eigenvalue weighted by Crippen LogP contribution is 2.49. The minimum absolute atomic E-state index is 0.0795. The molecule has 1 aliphatic heterocycles. The van der Waals surface area contributed by atoms with Crippen molar-refractivity contribution in [3.05, 3.63) is 23.8 Å². The molecule has 2 bridgehead atoms. The van der Waals surface area contributed by atoms with Gasteiger partial charge in [0.1, 0.15) is 12.2 Å². The van der Waals surface area contributed by atoms with Crippen LogP contribution >= 0.6 is 0 Å². The standard InChI is InChI=1S/C14H10O7/c1-6(2)13(16)18-4-3-9(15)20-11-8-5-7-10(19-8)12(11)21-14(7)17/h5H,1,3-4H2,2H3. The van der Waals surface area contributed by atoms with Crippen LogP contribution in [-0.4, -0.2) is 24.5 Å². The van der Waals surface area contributed by atoms with Crippen LogP contribution in [0.2, 0.25) is 0 Å². The van der Waals surface area contributed by atoms with Crippen LogP contribution in [0.25, 0.3) is 11.2 Å². The monoisotopic (exact) mass is 290 g/mol. The number of esters is 3. The molecule has 0 saturated heterocycles. The van der Waals surface area contributed by atoms with Crippen LogP contribution in [0.1, 0.15) is 23.7 Å². The molecule has 3 heterocycles. The molecule has 0 spiro atoms. The van der Waals surface area contributed by atoms with E-state index in [1.807, 2.05) is 0 Å². The van der Waals surface area contributed by atoms with Crippen LogP contribution in [0, 0.1) is 0 Å². The zero-order chi connectivity index (χ0) is 15.1. The SMILES string of the molecule is C=C(C)C(=O)OCCC(=O)Oc1c2c3oc1cc3C(=O)O2. The van der Waals surface area contributed by atoms with E-state index in [4.69, 9.17) is 18.6 Å². The molecule has 7 nitrogen and oxygen atoms in total. The number of hydrogen-bond donors (Lipinski definition) is 0. The van der Waals surface area contributed by atoms with Gasteiger partial charge in [0.15, 0.2) is 11.2 Å². The maximum atomic E-state index is 11.7. The summed E-state index contributed by atoms with van der Waals surface area (Å²) in [5.74, 6) is -1.53. The lowest BCUT2D eigenvalue weighted by molar-refractivity contribution is -0.142. The van der Waals surface area contributed by atoms with Gasteiger partial charge < -0.3 is 18.6 Å². The topological polar surface area (TPSA) is 92.0 Å². The average molecular weight is 290 g/mol. The van der Waals surface area contributed by atoms with Gasteiger partial charge in [-0.15, -0.1) is 0 Å². The molecule has 108 valence electrons. The van der Waals surface area contributed by atoms with E-state index in [-0.39, 0.29) is 41.3 Å². The first-order chi connectivity index (χ1) is 9.97. The molecule has 0 N–H and O–H groups in total. The average Bonchev–Trinajstić information content (AvgIpc) is 3.03. The predicted octanol–water partition coefficient (Wildman–Crippen LogP) is 1.82. The Bertz CT molecular complexity index is 767. The Balaban J connectivity index is 1.60. The highest BCUT2D eigenvalue weighted by molar-refractivity contribution is 6.10. The van der Waals surface area contributed by atoms with E-state index < -0.39 is 17.9 Å². The van der Waals surface area contributed by atoms with Crippen molar-refractivity contribution in [3.63, 3.8) is 0 Å². The molecule has 0 atom stereocenters. The minimum Gasteiger partial charge on any atom is -0.462 e. The van der Waals surface area contributed by atoms with Crippen molar-refractivity contribution in [2.75, 3.05) is 6.61 Å².